The number of aryl methyl sites for hydroxylation is 2. The Kier molecular flexibility index (Phi) is 5.59. The topological polar surface area (TPSA) is 97.2 Å². The lowest BCUT2D eigenvalue weighted by Gasteiger charge is -2.10. The number of anilines is 2. The zero-order chi connectivity index (χ0) is 23.0. The second-order valence-electron chi connectivity index (χ2n) is 7.02. The zero-order valence-corrected chi connectivity index (χ0v) is 18.1. The van der Waals surface area contributed by atoms with Gasteiger partial charge in [-0.3, -0.25) is 4.68 Å². The van der Waals surface area contributed by atoms with Crippen molar-refractivity contribution in [1.82, 2.24) is 29.5 Å². The van der Waals surface area contributed by atoms with Gasteiger partial charge in [0.15, 0.2) is 5.82 Å². The molecule has 0 unspecified atom stereocenters. The monoisotopic (exact) mass is 454 g/mol. The summed E-state index contributed by atoms with van der Waals surface area (Å²) in [5.41, 5.74) is 2.87. The van der Waals surface area contributed by atoms with Crippen molar-refractivity contribution in [3.63, 3.8) is 0 Å². The molecule has 0 aliphatic carbocycles. The normalized spacial score (nSPS) is 11.1. The average molecular weight is 455 g/mol. The van der Waals surface area contributed by atoms with Crippen LogP contribution in [-0.4, -0.2) is 29.5 Å². The van der Waals surface area contributed by atoms with Crippen LogP contribution in [0.15, 0.2) is 36.7 Å². The average Bonchev–Trinajstić information content (AvgIpc) is 3.24. The van der Waals surface area contributed by atoms with Gasteiger partial charge >= 0.3 is 0 Å². The van der Waals surface area contributed by atoms with Crippen LogP contribution in [0.5, 0.6) is 0 Å². The fourth-order valence-electron chi connectivity index (χ4n) is 3.32. The number of hydrogen-bond acceptors (Lipinski definition) is 6. The van der Waals surface area contributed by atoms with Crippen LogP contribution in [0.25, 0.3) is 17.1 Å². The van der Waals surface area contributed by atoms with Crippen LogP contribution >= 0.6 is 11.6 Å². The van der Waals surface area contributed by atoms with Crippen LogP contribution < -0.4 is 5.32 Å². The van der Waals surface area contributed by atoms with E-state index in [-0.39, 0.29) is 16.5 Å². The predicted octanol–water partition coefficient (Wildman–Crippen LogP) is 4.89. The lowest BCUT2D eigenvalue weighted by molar-refractivity contribution is 0.142. The Balaban J connectivity index is 1.69. The molecule has 11 heteroatoms. The van der Waals surface area contributed by atoms with Crippen LogP contribution in [0, 0.1) is 25.2 Å². The largest absolute Gasteiger partial charge is 0.325 e. The third-order valence-electron chi connectivity index (χ3n) is 4.91. The van der Waals surface area contributed by atoms with Crippen molar-refractivity contribution in [2.75, 3.05) is 5.32 Å². The summed E-state index contributed by atoms with van der Waals surface area (Å²) in [5.74, 6) is 1.19. The second-order valence-corrected chi connectivity index (χ2v) is 7.40. The summed E-state index contributed by atoms with van der Waals surface area (Å²) in [6.07, 6.45) is -1.56. The van der Waals surface area contributed by atoms with Crippen LogP contribution in [0.1, 0.15) is 28.9 Å². The van der Waals surface area contributed by atoms with Crippen molar-refractivity contribution in [3.8, 4) is 23.1 Å². The first kappa shape index (κ1) is 21.4. The van der Waals surface area contributed by atoms with Gasteiger partial charge in [-0.25, -0.2) is 23.4 Å². The van der Waals surface area contributed by atoms with Crippen molar-refractivity contribution in [3.05, 3.63) is 64.2 Å². The molecule has 0 amide bonds. The standard InChI is InChI=1S/C21H17ClF2N8/c1-11-18(14-6-4-13(9-25)5-7-14)30-31(3)21(11)28-15-8-16(27-10-26-15)32-19(20(23)24)17(22)12(2)29-32/h4-8,10,20H,1-3H3,(H,26,27,28). The molecule has 0 bridgehead atoms. The van der Waals surface area contributed by atoms with Crippen LogP contribution in [-0.2, 0) is 7.05 Å². The number of rotatable bonds is 5. The van der Waals surface area contributed by atoms with Crippen molar-refractivity contribution in [1.29, 1.82) is 5.26 Å². The van der Waals surface area contributed by atoms with Crippen molar-refractivity contribution in [2.45, 2.75) is 20.3 Å². The first-order chi connectivity index (χ1) is 15.3. The molecular formula is C21H17ClF2N8. The number of benzene rings is 1. The highest BCUT2D eigenvalue weighted by Crippen LogP contribution is 2.32. The minimum absolute atomic E-state index is 0.0948. The highest BCUT2D eigenvalue weighted by molar-refractivity contribution is 6.31. The zero-order valence-electron chi connectivity index (χ0n) is 17.3. The molecular weight excluding hydrogens is 438 g/mol. The number of nitrogens with one attached hydrogen (secondary N) is 1. The number of hydrogen-bond donors (Lipinski definition) is 1. The molecule has 0 fully saturated rings. The van der Waals surface area contributed by atoms with E-state index < -0.39 is 12.1 Å². The maximum absolute atomic E-state index is 13.5. The molecule has 0 saturated carbocycles. The third kappa shape index (κ3) is 3.78. The molecule has 1 aromatic carbocycles. The summed E-state index contributed by atoms with van der Waals surface area (Å²) in [5, 5.41) is 20.7. The van der Waals surface area contributed by atoms with Gasteiger partial charge in [0.2, 0.25) is 0 Å². The molecule has 3 aromatic heterocycles. The smallest absolute Gasteiger partial charge is 0.282 e. The van der Waals surface area contributed by atoms with Gasteiger partial charge in [-0.1, -0.05) is 23.7 Å². The summed E-state index contributed by atoms with van der Waals surface area (Å²) in [4.78, 5) is 8.26. The number of nitriles is 1. The Labute approximate surface area is 187 Å². The van der Waals surface area contributed by atoms with Crippen LogP contribution in [0.2, 0.25) is 5.02 Å². The summed E-state index contributed by atoms with van der Waals surface area (Å²) in [6.45, 7) is 3.45. The molecule has 4 aromatic rings. The lowest BCUT2D eigenvalue weighted by Crippen LogP contribution is -2.08. The van der Waals surface area contributed by atoms with Gasteiger partial charge in [0.1, 0.15) is 23.7 Å². The van der Waals surface area contributed by atoms with Crippen LogP contribution in [0.3, 0.4) is 0 Å². The van der Waals surface area contributed by atoms with Gasteiger partial charge in [0.05, 0.1) is 28.0 Å². The first-order valence-corrected chi connectivity index (χ1v) is 9.84. The SMILES string of the molecule is Cc1nn(-c2cc(Nc3c(C)c(-c4ccc(C#N)cc4)nn3C)ncn2)c(C(F)F)c1Cl. The maximum atomic E-state index is 13.5. The molecule has 0 radical (unpaired) electrons. The van der Waals surface area contributed by atoms with E-state index in [9.17, 15) is 8.78 Å². The van der Waals surface area contributed by atoms with E-state index in [1.54, 1.807) is 30.8 Å². The predicted molar refractivity (Wildman–Crippen MR) is 115 cm³/mol. The fourth-order valence-corrected chi connectivity index (χ4v) is 3.52. The molecule has 3 heterocycles. The second kappa shape index (κ2) is 8.36. The highest BCUT2D eigenvalue weighted by Gasteiger charge is 2.24. The van der Waals surface area contributed by atoms with E-state index in [0.29, 0.717) is 17.2 Å². The Hall–Kier alpha value is -3.84. The van der Waals surface area contributed by atoms with E-state index in [4.69, 9.17) is 16.9 Å². The Morgan fingerprint density at radius 3 is 2.50 bits per heavy atom. The van der Waals surface area contributed by atoms with Crippen LogP contribution in [0.4, 0.5) is 20.4 Å². The molecule has 0 atom stereocenters. The van der Waals surface area contributed by atoms with E-state index in [1.807, 2.05) is 19.1 Å². The Bertz CT molecular complexity index is 1340. The van der Waals surface area contributed by atoms with Crippen molar-refractivity contribution >= 4 is 23.2 Å². The number of nitrogens with zero attached hydrogens (tertiary/aromatic N) is 7. The van der Waals surface area contributed by atoms with Gasteiger partial charge in [0, 0.05) is 24.2 Å². The van der Waals surface area contributed by atoms with E-state index in [1.165, 1.54) is 12.4 Å². The number of halogens is 3. The summed E-state index contributed by atoms with van der Waals surface area (Å²) in [6, 6.07) is 10.7. The summed E-state index contributed by atoms with van der Waals surface area (Å²) < 4.78 is 29.7. The van der Waals surface area contributed by atoms with E-state index in [2.05, 4.69) is 31.6 Å². The van der Waals surface area contributed by atoms with Crippen molar-refractivity contribution in [2.24, 2.45) is 7.05 Å². The molecule has 4 rings (SSSR count). The molecule has 32 heavy (non-hydrogen) atoms. The summed E-state index contributed by atoms with van der Waals surface area (Å²) >= 11 is 6.00. The molecule has 162 valence electrons. The van der Waals surface area contributed by atoms with Gasteiger partial charge < -0.3 is 5.32 Å². The van der Waals surface area contributed by atoms with Gasteiger partial charge in [-0.2, -0.15) is 15.5 Å². The van der Waals surface area contributed by atoms with Gasteiger partial charge in [-0.15, -0.1) is 0 Å². The molecule has 0 saturated heterocycles. The van der Waals surface area contributed by atoms with Gasteiger partial charge in [-0.05, 0) is 26.0 Å². The summed E-state index contributed by atoms with van der Waals surface area (Å²) in [7, 11) is 1.77. The molecule has 8 nitrogen and oxygen atoms in total. The quantitative estimate of drug-likeness (QED) is 0.461. The lowest BCUT2D eigenvalue weighted by atomic mass is 10.1. The maximum Gasteiger partial charge on any atom is 0.282 e. The highest BCUT2D eigenvalue weighted by atomic mass is 35.5. The van der Waals surface area contributed by atoms with E-state index in [0.717, 1.165) is 21.5 Å². The number of aromatic nitrogens is 6. The van der Waals surface area contributed by atoms with Crippen molar-refractivity contribution < 1.29 is 8.78 Å². The fraction of sp³-hybridized carbons (Fsp3) is 0.190. The molecule has 0 aliphatic rings. The molecule has 1 N–H and O–H groups in total. The Morgan fingerprint density at radius 1 is 1.12 bits per heavy atom. The number of alkyl halides is 2. The first-order valence-electron chi connectivity index (χ1n) is 9.47. The molecule has 0 spiro atoms. The van der Waals surface area contributed by atoms with E-state index >= 15 is 0 Å². The minimum Gasteiger partial charge on any atom is -0.325 e. The van der Waals surface area contributed by atoms with Gasteiger partial charge in [0.25, 0.3) is 6.43 Å². The third-order valence-corrected chi connectivity index (χ3v) is 5.38. The Morgan fingerprint density at radius 2 is 1.84 bits per heavy atom. The minimum atomic E-state index is -2.82. The molecule has 0 aliphatic heterocycles.